The minimum absolute atomic E-state index is 0.158. The molecule has 0 aliphatic rings. The molecule has 3 aromatic carbocycles. The number of ketones is 1. The van der Waals surface area contributed by atoms with Crippen molar-refractivity contribution in [3.05, 3.63) is 78.6 Å². The number of halogens is 3. The molecule has 0 saturated heterocycles. The van der Waals surface area contributed by atoms with Gasteiger partial charge in [0.05, 0.1) is 16.8 Å². The molecule has 1 heterocycles. The number of thioether (sulfide) groups is 1. The van der Waals surface area contributed by atoms with Crippen LogP contribution in [0.3, 0.4) is 0 Å². The van der Waals surface area contributed by atoms with Gasteiger partial charge in [-0.3, -0.25) is 24.4 Å². The number of carbonyl (C=O) groups excluding carboxylic acids is 3. The SMILES string of the molecule is O=C(N[C@@H](CCCSCC(=O)C(F)(F)F)C(=O)Nc1ccc2ccccc2c1)c1ccc2nccnc2c1. The fraction of sp³-hybridized carbons (Fsp3) is 0.222. The fourth-order valence-corrected chi connectivity index (χ4v) is 4.61. The number of nitrogens with zero attached hydrogens (tertiary/aromatic N) is 2. The van der Waals surface area contributed by atoms with Crippen LogP contribution >= 0.6 is 11.8 Å². The highest BCUT2D eigenvalue weighted by Crippen LogP contribution is 2.21. The molecule has 0 aliphatic heterocycles. The van der Waals surface area contributed by atoms with Gasteiger partial charge in [-0.25, -0.2) is 0 Å². The van der Waals surface area contributed by atoms with Gasteiger partial charge >= 0.3 is 6.18 Å². The van der Waals surface area contributed by atoms with Crippen molar-refractivity contribution in [2.75, 3.05) is 16.8 Å². The van der Waals surface area contributed by atoms with Crippen LogP contribution in [0.4, 0.5) is 18.9 Å². The van der Waals surface area contributed by atoms with Crippen molar-refractivity contribution in [2.24, 2.45) is 0 Å². The van der Waals surface area contributed by atoms with Crippen molar-refractivity contribution in [3.63, 3.8) is 0 Å². The van der Waals surface area contributed by atoms with Crippen LogP contribution in [0, 0.1) is 0 Å². The summed E-state index contributed by atoms with van der Waals surface area (Å²) in [5.74, 6) is -3.26. The summed E-state index contributed by atoms with van der Waals surface area (Å²) in [4.78, 5) is 45.6. The van der Waals surface area contributed by atoms with Gasteiger partial charge < -0.3 is 10.6 Å². The van der Waals surface area contributed by atoms with Crippen LogP contribution in [0.15, 0.2) is 73.1 Å². The van der Waals surface area contributed by atoms with Gasteiger partial charge in [0.25, 0.3) is 5.91 Å². The highest BCUT2D eigenvalue weighted by atomic mass is 32.2. The number of rotatable bonds is 10. The molecular weight excluding hydrogens is 517 g/mol. The molecule has 1 aromatic heterocycles. The maximum Gasteiger partial charge on any atom is 0.450 e. The zero-order valence-electron chi connectivity index (χ0n) is 20.0. The summed E-state index contributed by atoms with van der Waals surface area (Å²) >= 11 is 0.835. The Labute approximate surface area is 220 Å². The summed E-state index contributed by atoms with van der Waals surface area (Å²) in [5.41, 5.74) is 1.95. The standard InChI is InChI=1S/C27H23F3N4O3S/c28-27(29,30)24(35)16-38-13-3-6-22(26(37)33-20-9-7-17-4-1-2-5-18(17)14-20)34-25(36)19-8-10-21-23(15-19)32-12-11-31-21/h1-2,4-5,7-12,14-15,22H,3,6,13,16H2,(H,33,37)(H,34,36)/t22-/m0/s1. The summed E-state index contributed by atoms with van der Waals surface area (Å²) in [7, 11) is 0. The highest BCUT2D eigenvalue weighted by Gasteiger charge is 2.37. The summed E-state index contributed by atoms with van der Waals surface area (Å²) in [5, 5.41) is 7.46. The van der Waals surface area contributed by atoms with Gasteiger partial charge in [-0.05, 0) is 59.7 Å². The van der Waals surface area contributed by atoms with Crippen LogP contribution in [0.5, 0.6) is 0 Å². The van der Waals surface area contributed by atoms with E-state index in [1.54, 1.807) is 24.3 Å². The zero-order chi connectivity index (χ0) is 27.1. The maximum absolute atomic E-state index is 13.2. The van der Waals surface area contributed by atoms with E-state index in [1.807, 2.05) is 36.4 Å². The number of hydrogen-bond donors (Lipinski definition) is 2. The van der Waals surface area contributed by atoms with E-state index in [0.717, 1.165) is 22.5 Å². The Bertz CT molecular complexity index is 1480. The Morgan fingerprint density at radius 2 is 1.63 bits per heavy atom. The van der Waals surface area contributed by atoms with Crippen LogP contribution in [-0.4, -0.2) is 51.3 Å². The van der Waals surface area contributed by atoms with Crippen molar-refractivity contribution < 1.29 is 27.6 Å². The number of hydrogen-bond acceptors (Lipinski definition) is 6. The third kappa shape index (κ3) is 7.06. The Hall–Kier alpha value is -3.99. The third-order valence-corrected chi connectivity index (χ3v) is 6.74. The van der Waals surface area contributed by atoms with Gasteiger partial charge in [0, 0.05) is 23.6 Å². The van der Waals surface area contributed by atoms with Crippen LogP contribution in [0.2, 0.25) is 0 Å². The van der Waals surface area contributed by atoms with Crippen molar-refractivity contribution in [1.82, 2.24) is 15.3 Å². The smallest absolute Gasteiger partial charge is 0.340 e. The van der Waals surface area contributed by atoms with Crippen LogP contribution in [-0.2, 0) is 9.59 Å². The van der Waals surface area contributed by atoms with Gasteiger partial charge in [0.1, 0.15) is 6.04 Å². The Kier molecular flexibility index (Phi) is 8.57. The number of amides is 2. The lowest BCUT2D eigenvalue weighted by Gasteiger charge is -2.19. The summed E-state index contributed by atoms with van der Waals surface area (Å²) < 4.78 is 37.3. The average molecular weight is 541 g/mol. The van der Waals surface area contributed by atoms with Gasteiger partial charge in [-0.15, -0.1) is 0 Å². The maximum atomic E-state index is 13.2. The fourth-order valence-electron chi connectivity index (χ4n) is 3.75. The largest absolute Gasteiger partial charge is 0.450 e. The van der Waals surface area contributed by atoms with Gasteiger partial charge in [-0.1, -0.05) is 30.3 Å². The molecule has 0 bridgehead atoms. The molecule has 4 rings (SSSR count). The summed E-state index contributed by atoms with van der Waals surface area (Å²) in [6, 6.07) is 16.9. The van der Waals surface area contributed by atoms with E-state index >= 15 is 0 Å². The number of alkyl halides is 3. The molecular formula is C27H23F3N4O3S. The molecule has 0 radical (unpaired) electrons. The monoisotopic (exact) mass is 540 g/mol. The lowest BCUT2D eigenvalue weighted by Crippen LogP contribution is -2.44. The Morgan fingerprint density at radius 1 is 0.895 bits per heavy atom. The molecule has 1 atom stereocenters. The first-order valence-corrected chi connectivity index (χ1v) is 12.9. The van der Waals surface area contributed by atoms with Crippen molar-refractivity contribution in [3.8, 4) is 0 Å². The number of anilines is 1. The second kappa shape index (κ2) is 12.0. The number of nitrogens with one attached hydrogen (secondary N) is 2. The third-order valence-electron chi connectivity index (χ3n) is 5.70. The van der Waals surface area contributed by atoms with Crippen LogP contribution < -0.4 is 10.6 Å². The molecule has 11 heteroatoms. The topological polar surface area (TPSA) is 101 Å². The predicted octanol–water partition coefficient (Wildman–Crippen LogP) is 5.16. The molecule has 7 nitrogen and oxygen atoms in total. The molecule has 4 aromatic rings. The normalized spacial score (nSPS) is 12.3. The van der Waals surface area contributed by atoms with E-state index in [4.69, 9.17) is 0 Å². The van der Waals surface area contributed by atoms with Crippen molar-refractivity contribution >= 4 is 56.9 Å². The second-order valence-electron chi connectivity index (χ2n) is 8.45. The van der Waals surface area contributed by atoms with E-state index in [-0.39, 0.29) is 17.7 Å². The average Bonchev–Trinajstić information content (AvgIpc) is 2.91. The first-order valence-electron chi connectivity index (χ1n) is 11.7. The molecule has 0 spiro atoms. The minimum Gasteiger partial charge on any atom is -0.340 e. The summed E-state index contributed by atoms with van der Waals surface area (Å²) in [6.45, 7) is 0. The van der Waals surface area contributed by atoms with Crippen molar-refractivity contribution in [1.29, 1.82) is 0 Å². The minimum atomic E-state index is -4.87. The van der Waals surface area contributed by atoms with E-state index in [0.29, 0.717) is 23.1 Å². The number of carbonyl (C=O) groups is 3. The molecule has 0 aliphatic carbocycles. The molecule has 0 unspecified atom stereocenters. The van der Waals surface area contributed by atoms with E-state index in [1.165, 1.54) is 12.4 Å². The van der Waals surface area contributed by atoms with E-state index in [9.17, 15) is 27.6 Å². The molecule has 196 valence electrons. The number of aromatic nitrogens is 2. The number of Topliss-reactive ketones (excluding diaryl/α,β-unsaturated/α-hetero) is 1. The Balaban J connectivity index is 1.44. The van der Waals surface area contributed by atoms with Gasteiger partial charge in [0.15, 0.2) is 0 Å². The lowest BCUT2D eigenvalue weighted by atomic mass is 10.1. The first kappa shape index (κ1) is 27.1. The highest BCUT2D eigenvalue weighted by molar-refractivity contribution is 7.99. The molecule has 0 saturated carbocycles. The number of benzene rings is 3. The van der Waals surface area contributed by atoms with E-state index < -0.39 is 35.6 Å². The quantitative estimate of drug-likeness (QED) is 0.270. The van der Waals surface area contributed by atoms with Gasteiger partial charge in [0.2, 0.25) is 11.7 Å². The van der Waals surface area contributed by atoms with E-state index in [2.05, 4.69) is 20.6 Å². The summed E-state index contributed by atoms with van der Waals surface area (Å²) in [6.07, 6.45) is -1.37. The molecule has 2 amide bonds. The van der Waals surface area contributed by atoms with Crippen LogP contribution in [0.25, 0.3) is 21.8 Å². The van der Waals surface area contributed by atoms with Crippen LogP contribution in [0.1, 0.15) is 23.2 Å². The van der Waals surface area contributed by atoms with Crippen molar-refractivity contribution in [2.45, 2.75) is 25.1 Å². The first-order chi connectivity index (χ1) is 18.2. The Morgan fingerprint density at radius 3 is 2.39 bits per heavy atom. The molecule has 2 N–H and O–H groups in total. The second-order valence-corrected chi connectivity index (χ2v) is 9.56. The lowest BCUT2D eigenvalue weighted by molar-refractivity contribution is -0.167. The number of fused-ring (bicyclic) bond motifs is 2. The van der Waals surface area contributed by atoms with Gasteiger partial charge in [-0.2, -0.15) is 24.9 Å². The molecule has 38 heavy (non-hydrogen) atoms. The predicted molar refractivity (Wildman–Crippen MR) is 141 cm³/mol. The molecule has 0 fully saturated rings. The zero-order valence-corrected chi connectivity index (χ0v) is 20.8.